The van der Waals surface area contributed by atoms with Crippen molar-refractivity contribution in [2.75, 3.05) is 18.4 Å². The van der Waals surface area contributed by atoms with Gasteiger partial charge in [0.15, 0.2) is 0 Å². The molecule has 1 aromatic rings. The van der Waals surface area contributed by atoms with Gasteiger partial charge >= 0.3 is 0 Å². The van der Waals surface area contributed by atoms with Gasteiger partial charge in [0.1, 0.15) is 0 Å². The van der Waals surface area contributed by atoms with Gasteiger partial charge in [0.25, 0.3) is 0 Å². The molecular weight excluding hydrogens is 231 g/mol. The molecule has 4 heteroatoms. The molecule has 3 N–H and O–H groups in total. The van der Waals surface area contributed by atoms with Crippen molar-refractivity contribution in [2.24, 2.45) is 5.73 Å². The molecule has 0 bridgehead atoms. The predicted octanol–water partition coefficient (Wildman–Crippen LogP) is 2.39. The average molecular weight is 249 g/mol. The highest BCUT2D eigenvalue weighted by Crippen LogP contribution is 2.25. The summed E-state index contributed by atoms with van der Waals surface area (Å²) in [5, 5.41) is 3.46. The number of fused-ring (bicyclic) bond motifs is 1. The topological polar surface area (TPSA) is 38.0 Å². The van der Waals surface area contributed by atoms with Crippen molar-refractivity contribution >= 4 is 30.5 Å². The first-order chi connectivity index (χ1) is 6.42. The normalized spacial score (nSPS) is 12.9. The number of benzene rings is 1. The van der Waals surface area contributed by atoms with E-state index in [2.05, 4.69) is 23.5 Å². The first kappa shape index (κ1) is 14.6. The summed E-state index contributed by atoms with van der Waals surface area (Å²) in [5.41, 5.74) is 9.74. The Labute approximate surface area is 103 Å². The Morgan fingerprint density at radius 1 is 1.27 bits per heavy atom. The summed E-state index contributed by atoms with van der Waals surface area (Å²) in [5.74, 6) is 0. The Kier molecular flexibility index (Phi) is 6.73. The van der Waals surface area contributed by atoms with Crippen LogP contribution in [0.1, 0.15) is 17.5 Å². The van der Waals surface area contributed by atoms with Crippen molar-refractivity contribution in [1.82, 2.24) is 0 Å². The molecule has 1 aliphatic heterocycles. The number of aryl methyl sites for hydroxylation is 1. The molecule has 1 aliphatic rings. The van der Waals surface area contributed by atoms with E-state index in [-0.39, 0.29) is 24.8 Å². The van der Waals surface area contributed by atoms with Crippen LogP contribution in [-0.2, 0) is 12.8 Å². The maximum absolute atomic E-state index is 5.57. The molecule has 86 valence electrons. The molecule has 0 radical (unpaired) electrons. The van der Waals surface area contributed by atoms with Gasteiger partial charge < -0.3 is 11.1 Å². The second-order valence-corrected chi connectivity index (χ2v) is 3.52. The van der Waals surface area contributed by atoms with E-state index in [9.17, 15) is 0 Å². The lowest BCUT2D eigenvalue weighted by Crippen LogP contribution is -2.15. The minimum absolute atomic E-state index is 0. The Hall–Kier alpha value is -0.440. The third kappa shape index (κ3) is 3.26. The molecule has 0 fully saturated rings. The molecule has 0 atom stereocenters. The van der Waals surface area contributed by atoms with Crippen molar-refractivity contribution in [3.8, 4) is 0 Å². The third-order valence-corrected chi connectivity index (χ3v) is 2.58. The standard InChI is InChI=1S/C11H16N2.2ClH/c12-7-6-10-4-1-3-9-5-2-8-13-11(9)10;;/h1,3-4,13H,2,5-8,12H2;2*1H. The summed E-state index contributed by atoms with van der Waals surface area (Å²) in [6.45, 7) is 1.84. The SMILES string of the molecule is Cl.Cl.NCCc1cccc2c1NCCC2. The van der Waals surface area contributed by atoms with Crippen molar-refractivity contribution in [3.05, 3.63) is 29.3 Å². The molecule has 15 heavy (non-hydrogen) atoms. The first-order valence-corrected chi connectivity index (χ1v) is 4.96. The van der Waals surface area contributed by atoms with Crippen molar-refractivity contribution in [1.29, 1.82) is 0 Å². The molecule has 1 heterocycles. The Bertz CT molecular complexity index is 303. The highest BCUT2D eigenvalue weighted by atomic mass is 35.5. The number of nitrogens with two attached hydrogens (primary N) is 1. The number of nitrogens with one attached hydrogen (secondary N) is 1. The van der Waals surface area contributed by atoms with E-state index in [1.54, 1.807) is 0 Å². The van der Waals surface area contributed by atoms with Crippen LogP contribution < -0.4 is 11.1 Å². The molecule has 0 saturated carbocycles. The van der Waals surface area contributed by atoms with Crippen LogP contribution in [0.2, 0.25) is 0 Å². The fourth-order valence-electron chi connectivity index (χ4n) is 1.94. The summed E-state index contributed by atoms with van der Waals surface area (Å²) in [6, 6.07) is 6.52. The molecule has 2 nitrogen and oxygen atoms in total. The van der Waals surface area contributed by atoms with Crippen LogP contribution in [0.15, 0.2) is 18.2 Å². The Balaban J connectivity index is 0.000000980. The van der Waals surface area contributed by atoms with E-state index in [1.807, 2.05) is 0 Å². The predicted molar refractivity (Wildman–Crippen MR) is 70.5 cm³/mol. The van der Waals surface area contributed by atoms with Crippen molar-refractivity contribution in [3.63, 3.8) is 0 Å². The van der Waals surface area contributed by atoms with Gasteiger partial charge in [0.05, 0.1) is 0 Å². The van der Waals surface area contributed by atoms with Crippen LogP contribution in [0.4, 0.5) is 5.69 Å². The summed E-state index contributed by atoms with van der Waals surface area (Å²) in [7, 11) is 0. The third-order valence-electron chi connectivity index (χ3n) is 2.58. The second kappa shape index (κ2) is 6.94. The Morgan fingerprint density at radius 2 is 2.07 bits per heavy atom. The van der Waals surface area contributed by atoms with Crippen molar-refractivity contribution < 1.29 is 0 Å². The van der Waals surface area contributed by atoms with Gasteiger partial charge in [0, 0.05) is 12.2 Å². The molecular formula is C11H18Cl2N2. The number of halogens is 2. The van der Waals surface area contributed by atoms with E-state index < -0.39 is 0 Å². The number of anilines is 1. The minimum atomic E-state index is 0. The largest absolute Gasteiger partial charge is 0.385 e. The zero-order valence-corrected chi connectivity index (χ0v) is 10.3. The molecule has 0 aliphatic carbocycles. The highest BCUT2D eigenvalue weighted by molar-refractivity contribution is 5.85. The van der Waals surface area contributed by atoms with Gasteiger partial charge in [-0.25, -0.2) is 0 Å². The zero-order chi connectivity index (χ0) is 9.10. The molecule has 2 rings (SSSR count). The Morgan fingerprint density at radius 3 is 2.80 bits per heavy atom. The van der Waals surface area contributed by atoms with Crippen LogP contribution >= 0.6 is 24.8 Å². The summed E-state index contributed by atoms with van der Waals surface area (Å²) in [4.78, 5) is 0. The van der Waals surface area contributed by atoms with E-state index in [0.29, 0.717) is 0 Å². The highest BCUT2D eigenvalue weighted by Gasteiger charge is 2.10. The van der Waals surface area contributed by atoms with Gasteiger partial charge in [-0.15, -0.1) is 24.8 Å². The first-order valence-electron chi connectivity index (χ1n) is 4.96. The van der Waals surface area contributed by atoms with Gasteiger partial charge in [-0.05, 0) is 36.9 Å². The number of para-hydroxylation sites is 1. The van der Waals surface area contributed by atoms with Gasteiger partial charge in [0.2, 0.25) is 0 Å². The van der Waals surface area contributed by atoms with Gasteiger partial charge in [-0.3, -0.25) is 0 Å². The lowest BCUT2D eigenvalue weighted by molar-refractivity contribution is 0.821. The van der Waals surface area contributed by atoms with Gasteiger partial charge in [-0.1, -0.05) is 18.2 Å². The van der Waals surface area contributed by atoms with Crippen LogP contribution in [0.5, 0.6) is 0 Å². The maximum Gasteiger partial charge on any atom is 0.0405 e. The summed E-state index contributed by atoms with van der Waals surface area (Å²) >= 11 is 0. The zero-order valence-electron chi connectivity index (χ0n) is 8.66. The number of rotatable bonds is 2. The van der Waals surface area contributed by atoms with Crippen LogP contribution in [0.3, 0.4) is 0 Å². The van der Waals surface area contributed by atoms with Crippen LogP contribution in [-0.4, -0.2) is 13.1 Å². The fraction of sp³-hybridized carbons (Fsp3) is 0.455. The minimum Gasteiger partial charge on any atom is -0.385 e. The van der Waals surface area contributed by atoms with Gasteiger partial charge in [-0.2, -0.15) is 0 Å². The lowest BCUT2D eigenvalue weighted by Gasteiger charge is -2.20. The fourth-order valence-corrected chi connectivity index (χ4v) is 1.94. The smallest absolute Gasteiger partial charge is 0.0405 e. The maximum atomic E-state index is 5.57. The second-order valence-electron chi connectivity index (χ2n) is 3.52. The van der Waals surface area contributed by atoms with E-state index >= 15 is 0 Å². The number of hydrogen-bond donors (Lipinski definition) is 2. The van der Waals surface area contributed by atoms with Crippen molar-refractivity contribution in [2.45, 2.75) is 19.3 Å². The lowest BCUT2D eigenvalue weighted by atomic mass is 9.98. The monoisotopic (exact) mass is 248 g/mol. The van der Waals surface area contributed by atoms with Crippen LogP contribution in [0.25, 0.3) is 0 Å². The molecule has 0 spiro atoms. The molecule has 0 unspecified atom stereocenters. The van der Waals surface area contributed by atoms with E-state index in [4.69, 9.17) is 5.73 Å². The molecule has 0 aromatic heterocycles. The average Bonchev–Trinajstić information content (AvgIpc) is 2.19. The van der Waals surface area contributed by atoms with E-state index in [0.717, 1.165) is 19.5 Å². The molecule has 0 amide bonds. The summed E-state index contributed by atoms with van der Waals surface area (Å²) < 4.78 is 0. The van der Waals surface area contributed by atoms with E-state index in [1.165, 1.54) is 29.7 Å². The quantitative estimate of drug-likeness (QED) is 0.844. The molecule has 1 aromatic carbocycles. The number of hydrogen-bond acceptors (Lipinski definition) is 2. The summed E-state index contributed by atoms with van der Waals surface area (Å²) in [6.07, 6.45) is 3.44. The molecule has 0 saturated heterocycles. The van der Waals surface area contributed by atoms with Crippen LogP contribution in [0, 0.1) is 0 Å².